The zero-order valence-electron chi connectivity index (χ0n) is 5.85. The van der Waals surface area contributed by atoms with Gasteiger partial charge in [0.2, 0.25) is 5.24 Å². The highest BCUT2D eigenvalue weighted by Crippen LogP contribution is 2.51. The molecule has 3 aliphatic carbocycles. The predicted octanol–water partition coefficient (Wildman–Crippen LogP) is 2.19. The van der Waals surface area contributed by atoms with E-state index in [4.69, 9.17) is 11.6 Å². The van der Waals surface area contributed by atoms with Crippen molar-refractivity contribution in [2.24, 2.45) is 17.8 Å². The summed E-state index contributed by atoms with van der Waals surface area (Å²) in [5.74, 6) is 1.56. The lowest BCUT2D eigenvalue weighted by Gasteiger charge is -2.47. The van der Waals surface area contributed by atoms with Crippen LogP contribution in [-0.2, 0) is 4.79 Å². The van der Waals surface area contributed by atoms with Gasteiger partial charge >= 0.3 is 0 Å². The molecule has 0 N–H and O–H groups in total. The maximum atomic E-state index is 10.8. The Hall–Kier alpha value is -0.0400. The van der Waals surface area contributed by atoms with Gasteiger partial charge in [0, 0.05) is 5.92 Å². The van der Waals surface area contributed by atoms with Crippen LogP contribution in [0.25, 0.3) is 0 Å². The van der Waals surface area contributed by atoms with Crippen LogP contribution in [0.2, 0.25) is 0 Å². The van der Waals surface area contributed by atoms with Gasteiger partial charge in [-0.25, -0.2) is 0 Å². The van der Waals surface area contributed by atoms with Crippen LogP contribution in [0.1, 0.15) is 25.7 Å². The van der Waals surface area contributed by atoms with Crippen molar-refractivity contribution in [1.82, 2.24) is 0 Å². The fraction of sp³-hybridized carbons (Fsp3) is 0.875. The largest absolute Gasteiger partial charge is 0.281 e. The number of rotatable bonds is 1. The molecule has 0 aliphatic heterocycles. The van der Waals surface area contributed by atoms with E-state index in [1.165, 1.54) is 25.7 Å². The third-order valence-electron chi connectivity index (χ3n) is 3.03. The van der Waals surface area contributed by atoms with E-state index in [2.05, 4.69) is 0 Å². The first-order chi connectivity index (χ1) is 4.79. The highest BCUT2D eigenvalue weighted by molar-refractivity contribution is 6.64. The molecule has 0 radical (unpaired) electrons. The maximum Gasteiger partial charge on any atom is 0.225 e. The standard InChI is InChI=1S/C8H11ClO/c9-8(10)7-5-2-1-3-6(7)4-5/h5-7H,1-4H2/t5-,6+,7?. The quantitative estimate of drug-likeness (QED) is 0.535. The Kier molecular flexibility index (Phi) is 1.48. The Bertz CT molecular complexity index is 153. The Balaban J connectivity index is 2.06. The van der Waals surface area contributed by atoms with Crippen LogP contribution in [0, 0.1) is 17.8 Å². The fourth-order valence-electron chi connectivity index (χ4n) is 2.48. The van der Waals surface area contributed by atoms with Crippen LogP contribution in [0.5, 0.6) is 0 Å². The summed E-state index contributed by atoms with van der Waals surface area (Å²) < 4.78 is 0. The van der Waals surface area contributed by atoms with E-state index >= 15 is 0 Å². The van der Waals surface area contributed by atoms with Crippen LogP contribution >= 0.6 is 11.6 Å². The van der Waals surface area contributed by atoms with E-state index in [-0.39, 0.29) is 11.2 Å². The van der Waals surface area contributed by atoms with E-state index < -0.39 is 0 Å². The number of carbonyl (C=O) groups is 1. The number of carbonyl (C=O) groups excluding carboxylic acids is 1. The van der Waals surface area contributed by atoms with Gasteiger partial charge in [0.25, 0.3) is 0 Å². The molecule has 1 nitrogen and oxygen atoms in total. The van der Waals surface area contributed by atoms with E-state index in [1.807, 2.05) is 0 Å². The topological polar surface area (TPSA) is 17.1 Å². The molecular formula is C8H11ClO. The van der Waals surface area contributed by atoms with Crippen LogP contribution in [0.3, 0.4) is 0 Å². The molecule has 0 aromatic heterocycles. The first-order valence-corrected chi connectivity index (χ1v) is 4.36. The summed E-state index contributed by atoms with van der Waals surface area (Å²) in [6.07, 6.45) is 5.05. The Morgan fingerprint density at radius 3 is 2.20 bits per heavy atom. The minimum absolute atomic E-state index is 0.0825. The van der Waals surface area contributed by atoms with Gasteiger partial charge in [0.05, 0.1) is 0 Å². The normalized spacial score (nSPS) is 44.3. The van der Waals surface area contributed by atoms with Crippen molar-refractivity contribution in [3.8, 4) is 0 Å². The Morgan fingerprint density at radius 2 is 1.90 bits per heavy atom. The van der Waals surface area contributed by atoms with Gasteiger partial charge in [-0.1, -0.05) is 6.42 Å². The molecule has 3 saturated carbocycles. The lowest BCUT2D eigenvalue weighted by molar-refractivity contribution is -0.126. The second-order valence-corrected chi connectivity index (χ2v) is 3.89. The van der Waals surface area contributed by atoms with Gasteiger partial charge in [-0.05, 0) is 42.7 Å². The average Bonchev–Trinajstić information content (AvgIpc) is 1.87. The van der Waals surface area contributed by atoms with Crippen LogP contribution in [0.15, 0.2) is 0 Å². The maximum absolute atomic E-state index is 10.8. The first kappa shape index (κ1) is 6.66. The molecule has 0 amide bonds. The van der Waals surface area contributed by atoms with Gasteiger partial charge in [0.15, 0.2) is 0 Å². The molecule has 3 aliphatic rings. The molecule has 3 atom stereocenters. The summed E-state index contributed by atoms with van der Waals surface area (Å²) in [7, 11) is 0. The molecule has 0 aromatic carbocycles. The lowest BCUT2D eigenvalue weighted by atomic mass is 9.58. The molecule has 0 saturated heterocycles. The van der Waals surface area contributed by atoms with Gasteiger partial charge in [-0.15, -0.1) is 0 Å². The molecule has 0 heterocycles. The van der Waals surface area contributed by atoms with Gasteiger partial charge in [-0.3, -0.25) is 4.79 Å². The van der Waals surface area contributed by atoms with Crippen molar-refractivity contribution in [2.45, 2.75) is 25.7 Å². The Morgan fingerprint density at radius 1 is 1.30 bits per heavy atom. The average molecular weight is 159 g/mol. The van der Waals surface area contributed by atoms with Crippen molar-refractivity contribution in [3.05, 3.63) is 0 Å². The highest BCUT2D eigenvalue weighted by Gasteiger charge is 2.46. The van der Waals surface area contributed by atoms with Gasteiger partial charge in [-0.2, -0.15) is 0 Å². The highest BCUT2D eigenvalue weighted by atomic mass is 35.5. The van der Waals surface area contributed by atoms with Crippen molar-refractivity contribution >= 4 is 16.8 Å². The SMILES string of the molecule is O=C(Cl)C1[C@@H]2CCC[C@H]1C2. The predicted molar refractivity (Wildman–Crippen MR) is 39.8 cm³/mol. The summed E-state index contributed by atoms with van der Waals surface area (Å²) >= 11 is 5.44. The number of fused-ring (bicyclic) bond motifs is 2. The van der Waals surface area contributed by atoms with Crippen molar-refractivity contribution < 1.29 is 4.79 Å². The summed E-state index contributed by atoms with van der Waals surface area (Å²) in [4.78, 5) is 10.8. The van der Waals surface area contributed by atoms with E-state index in [0.29, 0.717) is 11.8 Å². The first-order valence-electron chi connectivity index (χ1n) is 3.98. The molecule has 1 unspecified atom stereocenters. The number of hydrogen-bond acceptors (Lipinski definition) is 1. The summed E-state index contributed by atoms with van der Waals surface area (Å²) in [6.45, 7) is 0. The fourth-order valence-corrected chi connectivity index (χ4v) is 2.84. The molecular weight excluding hydrogens is 148 g/mol. The third-order valence-corrected chi connectivity index (χ3v) is 3.29. The molecule has 2 bridgehead atoms. The summed E-state index contributed by atoms with van der Waals surface area (Å²) in [5, 5.41) is -0.0825. The number of hydrogen-bond donors (Lipinski definition) is 0. The zero-order valence-corrected chi connectivity index (χ0v) is 6.60. The lowest BCUT2D eigenvalue weighted by Crippen LogP contribution is -2.43. The zero-order chi connectivity index (χ0) is 7.14. The molecule has 10 heavy (non-hydrogen) atoms. The third kappa shape index (κ3) is 0.800. The van der Waals surface area contributed by atoms with E-state index in [1.54, 1.807) is 0 Å². The van der Waals surface area contributed by atoms with E-state index in [0.717, 1.165) is 0 Å². The second kappa shape index (κ2) is 2.23. The van der Waals surface area contributed by atoms with Crippen molar-refractivity contribution in [3.63, 3.8) is 0 Å². The Labute approximate surface area is 65.7 Å². The van der Waals surface area contributed by atoms with Crippen LogP contribution in [0.4, 0.5) is 0 Å². The van der Waals surface area contributed by atoms with Gasteiger partial charge < -0.3 is 0 Å². The molecule has 3 rings (SSSR count). The summed E-state index contributed by atoms with van der Waals surface area (Å²) in [6, 6.07) is 0. The van der Waals surface area contributed by atoms with Crippen molar-refractivity contribution in [1.29, 1.82) is 0 Å². The minimum atomic E-state index is -0.0825. The minimum Gasteiger partial charge on any atom is -0.281 e. The van der Waals surface area contributed by atoms with Crippen LogP contribution in [-0.4, -0.2) is 5.24 Å². The molecule has 2 heteroatoms. The smallest absolute Gasteiger partial charge is 0.225 e. The summed E-state index contributed by atoms with van der Waals surface area (Å²) in [5.41, 5.74) is 0. The van der Waals surface area contributed by atoms with Crippen molar-refractivity contribution in [2.75, 3.05) is 0 Å². The van der Waals surface area contributed by atoms with E-state index in [9.17, 15) is 4.79 Å². The molecule has 56 valence electrons. The molecule has 0 spiro atoms. The molecule has 3 fully saturated rings. The monoisotopic (exact) mass is 158 g/mol. The molecule has 0 aromatic rings. The second-order valence-electron chi connectivity index (χ2n) is 3.52. The number of halogens is 1. The van der Waals surface area contributed by atoms with Gasteiger partial charge in [0.1, 0.15) is 0 Å². The van der Waals surface area contributed by atoms with Crippen LogP contribution < -0.4 is 0 Å².